The third kappa shape index (κ3) is 7.61. The van der Waals surface area contributed by atoms with Crippen molar-refractivity contribution in [3.05, 3.63) is 90.0 Å². The van der Waals surface area contributed by atoms with E-state index in [9.17, 15) is 13.2 Å². The first-order valence-electron chi connectivity index (χ1n) is 12.4. The van der Waals surface area contributed by atoms with Gasteiger partial charge in [0.15, 0.2) is 5.11 Å². The highest BCUT2D eigenvalue weighted by Gasteiger charge is 2.25. The van der Waals surface area contributed by atoms with Gasteiger partial charge in [-0.2, -0.15) is 4.31 Å². The summed E-state index contributed by atoms with van der Waals surface area (Å²) in [5.41, 5.74) is 2.23. The van der Waals surface area contributed by atoms with Crippen LogP contribution in [-0.4, -0.2) is 43.4 Å². The summed E-state index contributed by atoms with van der Waals surface area (Å²) in [6, 6.07) is 23.4. The molecule has 0 bridgehead atoms. The van der Waals surface area contributed by atoms with Crippen molar-refractivity contribution in [2.24, 2.45) is 0 Å². The number of nitrogens with one attached hydrogen (secondary N) is 2. The summed E-state index contributed by atoms with van der Waals surface area (Å²) in [6.45, 7) is 1.65. The Bertz CT molecular complexity index is 1290. The fourth-order valence-electron chi connectivity index (χ4n) is 4.11. The van der Waals surface area contributed by atoms with Crippen molar-refractivity contribution in [3.63, 3.8) is 0 Å². The van der Waals surface area contributed by atoms with Crippen molar-refractivity contribution in [1.82, 2.24) is 9.62 Å². The molecule has 1 heterocycles. The molecule has 1 aliphatic rings. The largest absolute Gasteiger partial charge is 0.493 e. The Balaban J connectivity index is 1.26. The highest BCUT2D eigenvalue weighted by Crippen LogP contribution is 2.22. The predicted octanol–water partition coefficient (Wildman–Crippen LogP) is 5.00. The van der Waals surface area contributed by atoms with E-state index >= 15 is 0 Å². The number of benzene rings is 3. The molecule has 4 rings (SSSR count). The summed E-state index contributed by atoms with van der Waals surface area (Å²) in [6.07, 6.45) is 4.69. The minimum absolute atomic E-state index is 0.122. The molecule has 0 saturated carbocycles. The quantitative estimate of drug-likeness (QED) is 0.393. The van der Waals surface area contributed by atoms with Gasteiger partial charge in [-0.05, 0) is 79.2 Å². The van der Waals surface area contributed by atoms with Gasteiger partial charge in [-0.3, -0.25) is 10.1 Å². The van der Waals surface area contributed by atoms with Crippen LogP contribution in [0, 0.1) is 0 Å². The number of carbonyl (C=O) groups excluding carboxylic acids is 1. The number of hydrogen-bond acceptors (Lipinski definition) is 5. The van der Waals surface area contributed by atoms with E-state index in [1.165, 1.54) is 5.56 Å². The minimum atomic E-state index is -3.52. The van der Waals surface area contributed by atoms with Crippen molar-refractivity contribution < 1.29 is 17.9 Å². The fraction of sp³-hybridized carbons (Fsp3) is 0.286. The summed E-state index contributed by atoms with van der Waals surface area (Å²) < 4.78 is 33.2. The van der Waals surface area contributed by atoms with E-state index in [-0.39, 0.29) is 15.9 Å². The topological polar surface area (TPSA) is 87.7 Å². The monoisotopic (exact) mass is 537 g/mol. The number of anilines is 1. The Morgan fingerprint density at radius 1 is 0.865 bits per heavy atom. The number of sulfonamides is 1. The molecule has 2 N–H and O–H groups in total. The maximum Gasteiger partial charge on any atom is 0.257 e. The van der Waals surface area contributed by atoms with Gasteiger partial charge in [0.25, 0.3) is 5.91 Å². The maximum atomic E-state index is 12.9. The molecular formula is C28H31N3O4S2. The van der Waals surface area contributed by atoms with Crippen molar-refractivity contribution in [2.75, 3.05) is 25.0 Å². The van der Waals surface area contributed by atoms with E-state index in [0.717, 1.165) is 32.1 Å². The van der Waals surface area contributed by atoms with Crippen LogP contribution < -0.4 is 15.4 Å². The van der Waals surface area contributed by atoms with Gasteiger partial charge in [0.05, 0.1) is 11.5 Å². The second kappa shape index (κ2) is 12.8. The van der Waals surface area contributed by atoms with Crippen LogP contribution in [0.15, 0.2) is 83.8 Å². The van der Waals surface area contributed by atoms with Crippen LogP contribution >= 0.6 is 12.2 Å². The Morgan fingerprint density at radius 3 is 2.16 bits per heavy atom. The average Bonchev–Trinajstić information content (AvgIpc) is 3.20. The van der Waals surface area contributed by atoms with E-state index in [1.807, 2.05) is 18.2 Å². The van der Waals surface area contributed by atoms with Crippen molar-refractivity contribution in [3.8, 4) is 5.75 Å². The number of ether oxygens (including phenoxy) is 1. The molecule has 3 aromatic rings. The molecule has 9 heteroatoms. The van der Waals surface area contributed by atoms with Gasteiger partial charge >= 0.3 is 0 Å². The lowest BCUT2D eigenvalue weighted by molar-refractivity contribution is 0.0977. The summed E-state index contributed by atoms with van der Waals surface area (Å²) in [5.74, 6) is 0.331. The van der Waals surface area contributed by atoms with E-state index in [4.69, 9.17) is 17.0 Å². The molecular weight excluding hydrogens is 506 g/mol. The van der Waals surface area contributed by atoms with Gasteiger partial charge in [0, 0.05) is 30.8 Å². The molecule has 1 fully saturated rings. The van der Waals surface area contributed by atoms with Gasteiger partial charge in [-0.1, -0.05) is 43.2 Å². The molecule has 0 aliphatic carbocycles. The fourth-order valence-corrected chi connectivity index (χ4v) is 5.84. The zero-order chi connectivity index (χ0) is 26.1. The first-order valence-corrected chi connectivity index (χ1v) is 14.3. The number of hydrogen-bond donors (Lipinski definition) is 2. The summed E-state index contributed by atoms with van der Waals surface area (Å²) >= 11 is 5.27. The number of amides is 1. The number of nitrogens with zero attached hydrogens (tertiary/aromatic N) is 1. The molecule has 1 aliphatic heterocycles. The Morgan fingerprint density at radius 2 is 1.51 bits per heavy atom. The molecule has 0 unspecified atom stereocenters. The lowest BCUT2D eigenvalue weighted by Gasteiger charge is -2.20. The van der Waals surface area contributed by atoms with E-state index < -0.39 is 10.0 Å². The first-order chi connectivity index (χ1) is 17.9. The van der Waals surface area contributed by atoms with E-state index in [1.54, 1.807) is 52.8 Å². The number of rotatable bonds is 8. The van der Waals surface area contributed by atoms with Crippen molar-refractivity contribution in [1.29, 1.82) is 0 Å². The smallest absolute Gasteiger partial charge is 0.257 e. The Hall–Kier alpha value is -3.27. The van der Waals surface area contributed by atoms with Gasteiger partial charge in [-0.25, -0.2) is 8.42 Å². The second-order valence-corrected chi connectivity index (χ2v) is 11.2. The molecule has 0 radical (unpaired) electrons. The standard InChI is InChI=1S/C28H31N3O4S2/c32-27(23-10-14-25(15-11-23)35-21-18-22-8-4-3-5-9-22)30-28(36)29-24-12-16-26(17-13-24)37(33,34)31-19-6-1-2-7-20-31/h3-5,8-17H,1-2,6-7,18-21H2,(H2,29,30,32,36). The SMILES string of the molecule is O=C(NC(=S)Nc1ccc(S(=O)(=O)N2CCCCCC2)cc1)c1ccc(OCCc2ccccc2)cc1. The molecule has 7 nitrogen and oxygen atoms in total. The first kappa shape index (κ1) is 26.8. The molecule has 1 saturated heterocycles. The molecule has 37 heavy (non-hydrogen) atoms. The second-order valence-electron chi connectivity index (χ2n) is 8.86. The minimum Gasteiger partial charge on any atom is -0.493 e. The number of carbonyl (C=O) groups is 1. The lowest BCUT2D eigenvalue weighted by Crippen LogP contribution is -2.34. The Labute approximate surface area is 223 Å². The van der Waals surface area contributed by atoms with Crippen LogP contribution in [0.5, 0.6) is 5.75 Å². The van der Waals surface area contributed by atoms with Gasteiger partial charge in [0.2, 0.25) is 10.0 Å². The van der Waals surface area contributed by atoms with Crippen LogP contribution in [0.3, 0.4) is 0 Å². The molecule has 0 atom stereocenters. The molecule has 0 aromatic heterocycles. The van der Waals surface area contributed by atoms with E-state index in [0.29, 0.717) is 36.7 Å². The van der Waals surface area contributed by atoms with Gasteiger partial charge < -0.3 is 10.1 Å². The van der Waals surface area contributed by atoms with Gasteiger partial charge in [0.1, 0.15) is 5.75 Å². The maximum absolute atomic E-state index is 12.9. The van der Waals surface area contributed by atoms with Crippen LogP contribution in [0.1, 0.15) is 41.6 Å². The zero-order valence-electron chi connectivity index (χ0n) is 20.6. The normalized spacial score (nSPS) is 14.4. The zero-order valence-corrected chi connectivity index (χ0v) is 22.2. The molecule has 1 amide bonds. The molecule has 194 valence electrons. The average molecular weight is 538 g/mol. The summed E-state index contributed by atoms with van der Waals surface area (Å²) in [5, 5.41) is 5.70. The van der Waals surface area contributed by atoms with Crippen LogP contribution in [-0.2, 0) is 16.4 Å². The van der Waals surface area contributed by atoms with E-state index in [2.05, 4.69) is 22.8 Å². The van der Waals surface area contributed by atoms with Crippen molar-refractivity contribution >= 4 is 38.9 Å². The summed E-state index contributed by atoms with van der Waals surface area (Å²) in [4.78, 5) is 12.8. The van der Waals surface area contributed by atoms with Crippen molar-refractivity contribution in [2.45, 2.75) is 37.0 Å². The lowest BCUT2D eigenvalue weighted by atomic mass is 10.2. The van der Waals surface area contributed by atoms with Crippen LogP contribution in [0.25, 0.3) is 0 Å². The van der Waals surface area contributed by atoms with Crippen LogP contribution in [0.4, 0.5) is 5.69 Å². The molecule has 0 spiro atoms. The third-order valence-corrected chi connectivity index (χ3v) is 8.28. The Kier molecular flexibility index (Phi) is 9.27. The predicted molar refractivity (Wildman–Crippen MR) is 149 cm³/mol. The number of thiocarbonyl (C=S) groups is 1. The van der Waals surface area contributed by atoms with Gasteiger partial charge in [-0.15, -0.1) is 0 Å². The highest BCUT2D eigenvalue weighted by atomic mass is 32.2. The highest BCUT2D eigenvalue weighted by molar-refractivity contribution is 7.89. The van der Waals surface area contributed by atoms with Crippen LogP contribution in [0.2, 0.25) is 0 Å². The summed E-state index contributed by atoms with van der Waals surface area (Å²) in [7, 11) is -3.52. The molecule has 3 aromatic carbocycles. The third-order valence-electron chi connectivity index (χ3n) is 6.16.